The SMILES string of the molecule is Cc1cc(S(=O)(=O)NC2CCCC(CCl)C2)sc1Br. The monoisotopic (exact) mass is 385 g/mol. The summed E-state index contributed by atoms with van der Waals surface area (Å²) >= 11 is 10.5. The van der Waals surface area contributed by atoms with Crippen LogP contribution in [0, 0.1) is 12.8 Å². The highest BCUT2D eigenvalue weighted by Crippen LogP contribution is 2.32. The fraction of sp³-hybridized carbons (Fsp3) is 0.667. The first-order valence-corrected chi connectivity index (χ1v) is 9.89. The highest BCUT2D eigenvalue weighted by Gasteiger charge is 2.27. The minimum absolute atomic E-state index is 0.0173. The van der Waals surface area contributed by atoms with E-state index in [0.29, 0.717) is 16.0 Å². The molecule has 0 radical (unpaired) electrons. The first-order chi connectivity index (χ1) is 8.92. The van der Waals surface area contributed by atoms with Crippen molar-refractivity contribution in [2.75, 3.05) is 5.88 Å². The summed E-state index contributed by atoms with van der Waals surface area (Å²) in [4.78, 5) is 0. The van der Waals surface area contributed by atoms with E-state index in [-0.39, 0.29) is 6.04 Å². The molecule has 1 fully saturated rings. The Labute approximate surface area is 131 Å². The summed E-state index contributed by atoms with van der Waals surface area (Å²) in [6.45, 7) is 1.89. The van der Waals surface area contributed by atoms with Crippen LogP contribution in [0.4, 0.5) is 0 Å². The van der Waals surface area contributed by atoms with Gasteiger partial charge in [0.25, 0.3) is 0 Å². The summed E-state index contributed by atoms with van der Waals surface area (Å²) in [6, 6.07) is 1.72. The number of sulfonamides is 1. The van der Waals surface area contributed by atoms with Crippen molar-refractivity contribution in [3.8, 4) is 0 Å². The molecular weight excluding hydrogens is 370 g/mol. The molecule has 19 heavy (non-hydrogen) atoms. The van der Waals surface area contributed by atoms with E-state index in [2.05, 4.69) is 20.7 Å². The van der Waals surface area contributed by atoms with Gasteiger partial charge in [0, 0.05) is 11.9 Å². The Bertz CT molecular complexity index is 524. The Hall–Kier alpha value is 0.380. The summed E-state index contributed by atoms with van der Waals surface area (Å²) in [7, 11) is -3.40. The highest BCUT2D eigenvalue weighted by molar-refractivity contribution is 9.11. The lowest BCUT2D eigenvalue weighted by atomic mass is 9.87. The van der Waals surface area contributed by atoms with Gasteiger partial charge in [-0.2, -0.15) is 0 Å². The Kier molecular flexibility index (Phi) is 5.34. The normalized spacial score (nSPS) is 24.6. The number of alkyl halides is 1. The van der Waals surface area contributed by atoms with Gasteiger partial charge in [0.2, 0.25) is 10.0 Å². The summed E-state index contributed by atoms with van der Waals surface area (Å²) in [5.74, 6) is 1.04. The standard InChI is InChI=1S/C12H17BrClNO2S2/c1-8-5-11(18-12(8)13)19(16,17)15-10-4-2-3-9(6-10)7-14/h5,9-10,15H,2-4,6-7H2,1H3. The topological polar surface area (TPSA) is 46.2 Å². The molecule has 0 spiro atoms. The quantitative estimate of drug-likeness (QED) is 0.798. The molecule has 0 saturated heterocycles. The van der Waals surface area contributed by atoms with Crippen LogP contribution in [0.3, 0.4) is 0 Å². The molecule has 1 aliphatic rings. The molecule has 0 amide bonds. The first-order valence-electron chi connectivity index (χ1n) is 6.26. The van der Waals surface area contributed by atoms with Gasteiger partial charge < -0.3 is 0 Å². The number of rotatable bonds is 4. The average Bonchev–Trinajstić information content (AvgIpc) is 2.70. The van der Waals surface area contributed by atoms with Crippen LogP contribution >= 0.6 is 38.9 Å². The third kappa shape index (κ3) is 3.94. The Morgan fingerprint density at radius 1 is 1.53 bits per heavy atom. The maximum atomic E-state index is 12.3. The van der Waals surface area contributed by atoms with E-state index in [1.807, 2.05) is 6.92 Å². The molecule has 0 aromatic carbocycles. The molecule has 2 atom stereocenters. The molecule has 108 valence electrons. The second kappa shape index (κ2) is 6.43. The van der Waals surface area contributed by atoms with Crippen LogP contribution in [0.15, 0.2) is 14.1 Å². The molecule has 0 aliphatic heterocycles. The Morgan fingerprint density at radius 2 is 2.26 bits per heavy atom. The Balaban J connectivity index is 2.08. The van der Waals surface area contributed by atoms with E-state index in [1.165, 1.54) is 11.3 Å². The molecule has 1 aromatic rings. The lowest BCUT2D eigenvalue weighted by Crippen LogP contribution is -2.38. The predicted molar refractivity (Wildman–Crippen MR) is 83.5 cm³/mol. The number of thiophene rings is 1. The van der Waals surface area contributed by atoms with Crippen molar-refractivity contribution in [1.29, 1.82) is 0 Å². The van der Waals surface area contributed by atoms with Gasteiger partial charge in [0.05, 0.1) is 3.79 Å². The lowest BCUT2D eigenvalue weighted by molar-refractivity contribution is 0.330. The summed E-state index contributed by atoms with van der Waals surface area (Å²) in [5.41, 5.74) is 0.952. The minimum atomic E-state index is -3.40. The van der Waals surface area contributed by atoms with Gasteiger partial charge in [-0.3, -0.25) is 0 Å². The molecule has 2 unspecified atom stereocenters. The summed E-state index contributed by atoms with van der Waals surface area (Å²) < 4.78 is 28.7. The fourth-order valence-corrected chi connectivity index (χ4v) is 6.19. The minimum Gasteiger partial charge on any atom is -0.207 e. The second-order valence-electron chi connectivity index (χ2n) is 5.03. The fourth-order valence-electron chi connectivity index (χ4n) is 2.38. The molecular formula is C12H17BrClNO2S2. The van der Waals surface area contributed by atoms with E-state index < -0.39 is 10.0 Å². The largest absolute Gasteiger partial charge is 0.250 e. The molecule has 7 heteroatoms. The predicted octanol–water partition coefficient (Wildman–Crippen LogP) is 3.89. The molecule has 3 nitrogen and oxygen atoms in total. The van der Waals surface area contributed by atoms with Gasteiger partial charge >= 0.3 is 0 Å². The maximum absolute atomic E-state index is 12.3. The van der Waals surface area contributed by atoms with Crippen molar-refractivity contribution < 1.29 is 8.42 Å². The molecule has 1 aliphatic carbocycles. The number of hydrogen-bond donors (Lipinski definition) is 1. The van der Waals surface area contributed by atoms with Gasteiger partial charge in [-0.25, -0.2) is 13.1 Å². The van der Waals surface area contributed by atoms with Crippen LogP contribution in [0.5, 0.6) is 0 Å². The first kappa shape index (κ1) is 15.8. The molecule has 2 rings (SSSR count). The van der Waals surface area contributed by atoms with Crippen LogP contribution in [0.1, 0.15) is 31.2 Å². The summed E-state index contributed by atoms with van der Waals surface area (Å²) in [6.07, 6.45) is 3.88. The molecule has 1 heterocycles. The van der Waals surface area contributed by atoms with Gasteiger partial charge in [0.1, 0.15) is 4.21 Å². The van der Waals surface area contributed by atoms with E-state index in [9.17, 15) is 8.42 Å². The smallest absolute Gasteiger partial charge is 0.207 e. The summed E-state index contributed by atoms with van der Waals surface area (Å²) in [5, 5.41) is 0. The number of aryl methyl sites for hydroxylation is 1. The van der Waals surface area contributed by atoms with E-state index in [4.69, 9.17) is 11.6 Å². The van der Waals surface area contributed by atoms with E-state index in [1.54, 1.807) is 6.07 Å². The molecule has 0 bridgehead atoms. The van der Waals surface area contributed by atoms with Gasteiger partial charge in [0.15, 0.2) is 0 Å². The number of halogens is 2. The van der Waals surface area contributed by atoms with Gasteiger partial charge in [-0.05, 0) is 59.7 Å². The highest BCUT2D eigenvalue weighted by atomic mass is 79.9. The van der Waals surface area contributed by atoms with Crippen molar-refractivity contribution in [2.45, 2.75) is 42.9 Å². The molecule has 1 saturated carbocycles. The Morgan fingerprint density at radius 3 is 2.84 bits per heavy atom. The van der Waals surface area contributed by atoms with Crippen molar-refractivity contribution >= 4 is 48.9 Å². The average molecular weight is 387 g/mol. The second-order valence-corrected chi connectivity index (χ2v) is 9.65. The van der Waals surface area contributed by atoms with E-state index in [0.717, 1.165) is 35.0 Å². The lowest BCUT2D eigenvalue weighted by Gasteiger charge is -2.28. The van der Waals surface area contributed by atoms with Crippen molar-refractivity contribution in [3.05, 3.63) is 15.4 Å². The molecule has 1 aromatic heterocycles. The van der Waals surface area contributed by atoms with Crippen molar-refractivity contribution in [2.24, 2.45) is 5.92 Å². The van der Waals surface area contributed by atoms with Crippen LogP contribution in [0.2, 0.25) is 0 Å². The van der Waals surface area contributed by atoms with Crippen molar-refractivity contribution in [3.63, 3.8) is 0 Å². The van der Waals surface area contributed by atoms with Crippen molar-refractivity contribution in [1.82, 2.24) is 4.72 Å². The zero-order chi connectivity index (χ0) is 14.0. The third-order valence-corrected chi connectivity index (χ3v) is 7.99. The zero-order valence-corrected chi connectivity index (χ0v) is 14.6. The van der Waals surface area contributed by atoms with Crippen LogP contribution < -0.4 is 4.72 Å². The van der Waals surface area contributed by atoms with Crippen LogP contribution in [-0.4, -0.2) is 20.3 Å². The van der Waals surface area contributed by atoms with Crippen LogP contribution in [0.25, 0.3) is 0 Å². The zero-order valence-electron chi connectivity index (χ0n) is 10.7. The molecule has 1 N–H and O–H groups in total. The van der Waals surface area contributed by atoms with Gasteiger partial charge in [-0.1, -0.05) is 6.42 Å². The number of nitrogens with one attached hydrogen (secondary N) is 1. The third-order valence-electron chi connectivity index (χ3n) is 3.42. The van der Waals surface area contributed by atoms with E-state index >= 15 is 0 Å². The number of hydrogen-bond acceptors (Lipinski definition) is 3. The maximum Gasteiger partial charge on any atom is 0.250 e. The van der Waals surface area contributed by atoms with Crippen LogP contribution in [-0.2, 0) is 10.0 Å². The van der Waals surface area contributed by atoms with Gasteiger partial charge in [-0.15, -0.1) is 22.9 Å².